The third-order valence-electron chi connectivity index (χ3n) is 5.75. The zero-order chi connectivity index (χ0) is 21.5. The Kier molecular flexibility index (Phi) is 5.96. The fourth-order valence-corrected chi connectivity index (χ4v) is 5.26. The monoisotopic (exact) mass is 428 g/mol. The molecule has 6 nitrogen and oxygen atoms in total. The van der Waals surface area contributed by atoms with Gasteiger partial charge >= 0.3 is 0 Å². The molecule has 2 fully saturated rings. The van der Waals surface area contributed by atoms with Gasteiger partial charge in [0.2, 0.25) is 15.0 Å². The molecule has 2 heterocycles. The maximum atomic E-state index is 9.98. The summed E-state index contributed by atoms with van der Waals surface area (Å²) in [6, 6.07) is 5.64. The summed E-state index contributed by atoms with van der Waals surface area (Å²) >= 11 is 6.34. The van der Waals surface area contributed by atoms with E-state index in [4.69, 9.17) is 21.0 Å². The van der Waals surface area contributed by atoms with Gasteiger partial charge in [-0.05, 0) is 55.5 Å². The van der Waals surface area contributed by atoms with E-state index in [2.05, 4.69) is 51.0 Å². The first-order chi connectivity index (χ1) is 13.6. The molecule has 2 saturated heterocycles. The molecule has 0 aromatic heterocycles. The van der Waals surface area contributed by atoms with E-state index < -0.39 is 9.04 Å². The molecule has 3 atom stereocenters. The number of aliphatic imine (C=N–C) groups is 1. The first-order valence-electron chi connectivity index (χ1n) is 9.80. The molecule has 153 valence electrons. The van der Waals surface area contributed by atoms with Crippen LogP contribution in [0.5, 0.6) is 0 Å². The van der Waals surface area contributed by atoms with Crippen molar-refractivity contribution in [1.29, 1.82) is 10.5 Å². The van der Waals surface area contributed by atoms with E-state index in [9.17, 15) is 10.5 Å². The normalized spacial score (nSPS) is 25.4. The van der Waals surface area contributed by atoms with Crippen molar-refractivity contribution in [1.82, 2.24) is 9.80 Å². The lowest BCUT2D eigenvalue weighted by Gasteiger charge is -2.35. The minimum absolute atomic E-state index is 0.0856. The van der Waals surface area contributed by atoms with Gasteiger partial charge in [0.1, 0.15) is 6.07 Å². The molecule has 0 saturated carbocycles. The van der Waals surface area contributed by atoms with Crippen LogP contribution in [-0.4, -0.2) is 43.6 Å². The number of benzene rings is 1. The highest BCUT2D eigenvalue weighted by atomic mass is 35.5. The quantitative estimate of drug-likeness (QED) is 0.518. The average molecular weight is 429 g/mol. The van der Waals surface area contributed by atoms with Gasteiger partial charge < -0.3 is 9.33 Å². The van der Waals surface area contributed by atoms with Crippen LogP contribution < -0.4 is 0 Å². The van der Waals surface area contributed by atoms with Gasteiger partial charge in [0.15, 0.2) is 12.4 Å². The number of hydrogen-bond acceptors (Lipinski definition) is 4. The lowest BCUT2D eigenvalue weighted by Crippen LogP contribution is -2.45. The van der Waals surface area contributed by atoms with Crippen molar-refractivity contribution in [3.05, 3.63) is 28.3 Å². The number of halogens is 1. The summed E-state index contributed by atoms with van der Waals surface area (Å²) < 4.78 is 6.33. The highest BCUT2D eigenvalue weighted by Gasteiger charge is 2.55. The minimum Gasteiger partial charge on any atom is -0.395 e. The summed E-state index contributed by atoms with van der Waals surface area (Å²) in [5, 5.41) is 19.6. The molecule has 1 radical (unpaired) electrons. The van der Waals surface area contributed by atoms with Crippen molar-refractivity contribution in [2.24, 2.45) is 16.3 Å². The lowest BCUT2D eigenvalue weighted by atomic mass is 9.76. The fourth-order valence-electron chi connectivity index (χ4n) is 4.33. The molecule has 1 aromatic rings. The van der Waals surface area contributed by atoms with Crippen LogP contribution in [0.25, 0.3) is 0 Å². The molecule has 2 aliphatic rings. The number of guanidine groups is 1. The first-order valence-corrected chi connectivity index (χ1v) is 12.6. The maximum Gasteiger partial charge on any atom is 0.218 e. The third-order valence-corrected chi connectivity index (χ3v) is 6.95. The smallest absolute Gasteiger partial charge is 0.218 e. The van der Waals surface area contributed by atoms with Crippen LogP contribution in [-0.2, 0) is 4.43 Å². The van der Waals surface area contributed by atoms with Crippen molar-refractivity contribution >= 4 is 32.3 Å². The Balaban J connectivity index is 2.10. The van der Waals surface area contributed by atoms with E-state index in [0.717, 1.165) is 18.5 Å². The SMILES string of the molecule is Cc1c(N=C2N(C#N)C(O[Si](C)C)[C@H]3[C@@H](C(C)(C)C)CCN23)ccc(C#N)c1Cl. The second-order valence-corrected chi connectivity index (χ2v) is 11.4. The first kappa shape index (κ1) is 21.6. The fraction of sp³-hybridized carbons (Fsp3) is 0.571. The second-order valence-electron chi connectivity index (χ2n) is 8.93. The zero-order valence-corrected chi connectivity index (χ0v) is 19.6. The molecule has 1 unspecified atom stereocenters. The molecule has 0 amide bonds. The van der Waals surface area contributed by atoms with E-state index in [1.54, 1.807) is 17.0 Å². The number of nitrogens with zero attached hydrogens (tertiary/aromatic N) is 5. The summed E-state index contributed by atoms with van der Waals surface area (Å²) in [7, 11) is -1.02. The van der Waals surface area contributed by atoms with Crippen LogP contribution in [0.1, 0.15) is 38.3 Å². The van der Waals surface area contributed by atoms with Crippen molar-refractivity contribution in [2.75, 3.05) is 6.54 Å². The number of rotatable bonds is 3. The van der Waals surface area contributed by atoms with E-state index in [1.807, 2.05) is 6.92 Å². The van der Waals surface area contributed by atoms with Gasteiger partial charge in [0.25, 0.3) is 0 Å². The molecule has 1 aromatic carbocycles. The standard InChI is InChI=1S/C21H27ClN5OSi/c1-13-16(8-7-14(11-23)17(13)22)25-20-26-10-9-15(21(2,3)4)18(26)19(27(20)12-24)28-29(5)6/h7-8,15,18-19H,9-10H2,1-6H3/t15-,18+,19?/m0/s1. The van der Waals surface area contributed by atoms with E-state index in [1.165, 1.54) is 0 Å². The molecule has 0 N–H and O–H groups in total. The van der Waals surface area contributed by atoms with Gasteiger partial charge in [-0.2, -0.15) is 10.5 Å². The predicted octanol–water partition coefficient (Wildman–Crippen LogP) is 4.63. The van der Waals surface area contributed by atoms with Crippen molar-refractivity contribution in [2.45, 2.75) is 59.5 Å². The van der Waals surface area contributed by atoms with Crippen molar-refractivity contribution < 1.29 is 4.43 Å². The van der Waals surface area contributed by atoms with E-state index in [0.29, 0.717) is 28.2 Å². The molecule has 29 heavy (non-hydrogen) atoms. The summed E-state index contributed by atoms with van der Waals surface area (Å²) in [6.45, 7) is 13.6. The molecule has 2 aliphatic heterocycles. The Hall–Kier alpha value is -2.06. The Bertz CT molecular complexity index is 911. The van der Waals surface area contributed by atoms with Gasteiger partial charge in [-0.3, -0.25) is 0 Å². The zero-order valence-electron chi connectivity index (χ0n) is 17.8. The lowest BCUT2D eigenvalue weighted by molar-refractivity contribution is 0.0472. The molecule has 0 aliphatic carbocycles. The van der Waals surface area contributed by atoms with Gasteiger partial charge in [0, 0.05) is 6.54 Å². The highest BCUT2D eigenvalue weighted by molar-refractivity contribution is 6.48. The molecule has 0 bridgehead atoms. The van der Waals surface area contributed by atoms with Crippen LogP contribution in [0.2, 0.25) is 18.1 Å². The Morgan fingerprint density at radius 1 is 1.28 bits per heavy atom. The topological polar surface area (TPSA) is 75.7 Å². The van der Waals surface area contributed by atoms with Gasteiger partial charge in [-0.15, -0.1) is 0 Å². The van der Waals surface area contributed by atoms with Crippen LogP contribution in [0.15, 0.2) is 17.1 Å². The summed E-state index contributed by atoms with van der Waals surface area (Å²) in [5.41, 5.74) is 1.93. The maximum absolute atomic E-state index is 9.98. The van der Waals surface area contributed by atoms with Crippen LogP contribution in [0, 0.1) is 41.0 Å². The number of nitriles is 2. The molecular formula is C21H27ClN5OSi. The summed E-state index contributed by atoms with van der Waals surface area (Å²) in [5.74, 6) is 1.00. The summed E-state index contributed by atoms with van der Waals surface area (Å²) in [4.78, 5) is 8.69. The predicted molar refractivity (Wildman–Crippen MR) is 116 cm³/mol. The van der Waals surface area contributed by atoms with Crippen LogP contribution >= 0.6 is 11.6 Å². The van der Waals surface area contributed by atoms with E-state index >= 15 is 0 Å². The second kappa shape index (κ2) is 7.99. The molecule has 0 spiro atoms. The largest absolute Gasteiger partial charge is 0.395 e. The Morgan fingerprint density at radius 2 is 1.97 bits per heavy atom. The molecular weight excluding hydrogens is 402 g/mol. The third kappa shape index (κ3) is 3.87. The highest BCUT2D eigenvalue weighted by Crippen LogP contribution is 2.45. The van der Waals surface area contributed by atoms with Crippen LogP contribution in [0.3, 0.4) is 0 Å². The number of fused-ring (bicyclic) bond motifs is 1. The van der Waals surface area contributed by atoms with Crippen molar-refractivity contribution in [3.8, 4) is 12.3 Å². The molecule has 8 heteroatoms. The van der Waals surface area contributed by atoms with Gasteiger partial charge in [-0.1, -0.05) is 32.4 Å². The summed E-state index contributed by atoms with van der Waals surface area (Å²) in [6.07, 6.45) is 3.02. The van der Waals surface area contributed by atoms with Crippen molar-refractivity contribution in [3.63, 3.8) is 0 Å². The van der Waals surface area contributed by atoms with Gasteiger partial charge in [0.05, 0.1) is 22.3 Å². The van der Waals surface area contributed by atoms with Gasteiger partial charge in [-0.25, -0.2) is 9.89 Å². The van der Waals surface area contributed by atoms with Crippen LogP contribution in [0.4, 0.5) is 5.69 Å². The Labute approximate surface area is 180 Å². The van der Waals surface area contributed by atoms with E-state index in [-0.39, 0.29) is 17.7 Å². The Morgan fingerprint density at radius 3 is 2.52 bits per heavy atom. The number of hydrogen-bond donors (Lipinski definition) is 0. The minimum atomic E-state index is -1.02. The average Bonchev–Trinajstić information content (AvgIpc) is 3.18. The molecule has 3 rings (SSSR count).